The number of rotatable bonds is 24. The second kappa shape index (κ2) is 43.6. The summed E-state index contributed by atoms with van der Waals surface area (Å²) in [6.07, 6.45) is 1.65. The van der Waals surface area contributed by atoms with E-state index < -0.39 is 0 Å². The first-order valence-electron chi connectivity index (χ1n) is 45.8. The van der Waals surface area contributed by atoms with Gasteiger partial charge in [0.15, 0.2) is 149 Å². The van der Waals surface area contributed by atoms with Crippen LogP contribution in [-0.2, 0) is 58.7 Å². The average Bonchev–Trinajstić information content (AvgIpc) is 1.70. The molecule has 0 atom stereocenters. The van der Waals surface area contributed by atoms with Gasteiger partial charge in [-0.2, -0.15) is 0 Å². The van der Waals surface area contributed by atoms with Crippen LogP contribution in [0.1, 0.15) is 50.1 Å². The van der Waals surface area contributed by atoms with Crippen molar-refractivity contribution in [2.75, 3.05) is 123 Å². The number of fused-ring (bicyclic) bond motifs is 13. The third-order valence-electron chi connectivity index (χ3n) is 23.4. The summed E-state index contributed by atoms with van der Waals surface area (Å²) in [7, 11) is 0. The molecule has 0 spiro atoms. The lowest BCUT2D eigenvalue weighted by Gasteiger charge is -2.23. The molecular weight excluding hydrogens is 1850 g/mol. The van der Waals surface area contributed by atoms with Gasteiger partial charge in [-0.1, -0.05) is 54.6 Å². The van der Waals surface area contributed by atoms with Gasteiger partial charge in [0.25, 0.3) is 0 Å². The zero-order valence-corrected chi connectivity index (χ0v) is 76.8. The zero-order chi connectivity index (χ0) is 96.4. The smallest absolute Gasteiger partial charge is 0.323 e. The predicted molar refractivity (Wildman–Crippen MR) is 511 cm³/mol. The van der Waals surface area contributed by atoms with Crippen LogP contribution in [0.4, 0.5) is 37.1 Å². The van der Waals surface area contributed by atoms with Crippen molar-refractivity contribution >= 4 is 40.8 Å². The third kappa shape index (κ3) is 23.5. The first-order chi connectivity index (χ1) is 70.4. The summed E-state index contributed by atoms with van der Waals surface area (Å²) in [6.45, 7) is 9.76. The number of amides is 6. The minimum Gasteiger partial charge on any atom is -0.454 e. The highest BCUT2D eigenvalue weighted by atomic mass is 16.7. The SMILES string of the molecule is O=C(NCCc1ccc2c(c1)OCO2)Nc1ccc2c(c1)OCO2.O=C(NCc1ccc2c(c1)OCO2)Nc1ccc2c(c1)OCO2.O=C(Nc1ccc2c(c1)OCO2)Nc1ccc2c(c1)OCO2.c1cc2c(cc1CCNCc1ccc3c(c1)OCO3)OCO2.c1cc2c(cc1CN(Cc1ccc3c(c1)OCO3)Cc1ccc3c(c1)OCO3)OCO2.c1cc2c(cc1CNCc1ccc3c(c1)OCO3)OCO2. The summed E-state index contributed by atoms with van der Waals surface area (Å²) in [4.78, 5) is 38.3. The Bertz CT molecular complexity index is 6520. The van der Waals surface area contributed by atoms with Crippen molar-refractivity contribution in [3.05, 3.63) is 287 Å². The summed E-state index contributed by atoms with van der Waals surface area (Å²) in [5.74, 6) is 19.4. The van der Waals surface area contributed by atoms with E-state index in [1.165, 1.54) is 22.3 Å². The number of carbonyl (C=O) groups is 3. The molecule has 13 aromatic carbocycles. The van der Waals surface area contributed by atoms with E-state index in [1.807, 2.05) is 115 Å². The quantitative estimate of drug-likeness (QED) is 0.0260. The molecule has 734 valence electrons. The molecule has 0 aliphatic carbocycles. The number of hydrogen-bond acceptors (Lipinski definition) is 32. The van der Waals surface area contributed by atoms with E-state index in [0.29, 0.717) is 121 Å². The van der Waals surface area contributed by atoms with Crippen LogP contribution in [0.3, 0.4) is 0 Å². The van der Waals surface area contributed by atoms with Gasteiger partial charge in [0, 0.05) is 99.4 Å². The number of benzene rings is 13. The average molecular weight is 1950 g/mol. The Morgan fingerprint density at radius 2 is 0.371 bits per heavy atom. The van der Waals surface area contributed by atoms with Crippen LogP contribution in [0.5, 0.6) is 149 Å². The molecule has 0 saturated carbocycles. The highest BCUT2D eigenvalue weighted by Crippen LogP contribution is 2.44. The molecule has 13 heterocycles. The van der Waals surface area contributed by atoms with Crippen LogP contribution in [0.15, 0.2) is 237 Å². The number of ether oxygens (including phenoxy) is 26. The molecule has 38 heteroatoms. The summed E-state index contributed by atoms with van der Waals surface area (Å²) in [5, 5.41) is 23.4. The van der Waals surface area contributed by atoms with Gasteiger partial charge in [0.05, 0.1) is 0 Å². The summed E-state index contributed by atoms with van der Waals surface area (Å²) >= 11 is 0. The number of nitrogens with one attached hydrogen (secondary N) is 8. The number of hydrogen-bond donors (Lipinski definition) is 8. The van der Waals surface area contributed by atoms with Crippen LogP contribution in [0.25, 0.3) is 0 Å². The second-order valence-electron chi connectivity index (χ2n) is 33.2. The fourth-order valence-electron chi connectivity index (χ4n) is 16.3. The maximum Gasteiger partial charge on any atom is 0.323 e. The standard InChI is InChI=1S/C24H21NO6.C17H16N2O5.C17H17NO4.C16H14N2O5.C16H15NO4.C15H12N2O5/c1-4-19-22(29-13-26-19)7-16(1)10-25(11-17-2-5-20-23(8-17)30-14-27-20)12-18-3-6-21-24(9-18)31-15-28-21;20-17(19-12-2-4-14-16(8-12)24-10-22-14)18-6-5-11-1-3-13-15(7-11)23-9-21-13;1-3-14-16(21-10-19-14)7-12(1)5-6-18-9-13-2-4-15-17(8-13)22-11-20-15;19-16(18-11-2-4-13-15(6-11)23-9-21-13)17-7-10-1-3-12-14(5-10)22-8-20-12;1-3-13-15(20-9-18-13)5-11(1)7-17-8-12-2-4-14-16(6-12)21-10-19-14;18-15(16-9-1-3-11-13(5-9)21-7-19-11)17-10-2-4-12-14(6-10)22-8-20-12/h1-9H,10-15H2;1-4,7-8H,5-6,9-10H2,(H2,18,19,20);1-4,7-8,18H,5-6,9-11H2;1-6H,7-9H2,(H2,17,18,19);1-6,17H,7-10H2;1-6H,7-8H2,(H2,16,17,18). The number of carbonyl (C=O) groups excluding carboxylic acids is 3. The molecule has 13 aliphatic heterocycles. The largest absolute Gasteiger partial charge is 0.454 e. The topological polar surface area (TPSA) is 391 Å². The Hall–Kier alpha value is -17.7. The lowest BCUT2D eigenvalue weighted by molar-refractivity contribution is 0.173. The van der Waals surface area contributed by atoms with Gasteiger partial charge < -0.3 is 166 Å². The third-order valence-corrected chi connectivity index (χ3v) is 23.4. The minimum atomic E-state index is -0.363. The molecule has 0 bridgehead atoms. The van der Waals surface area contributed by atoms with Crippen molar-refractivity contribution in [1.82, 2.24) is 26.2 Å². The number of anilines is 4. The summed E-state index contributed by atoms with van der Waals surface area (Å²) < 4.78 is 139. The fraction of sp³-hybridized carbons (Fsp3) is 0.229. The van der Waals surface area contributed by atoms with Gasteiger partial charge in [0.2, 0.25) is 88.3 Å². The monoisotopic (exact) mass is 1950 g/mol. The first-order valence-corrected chi connectivity index (χ1v) is 45.8. The van der Waals surface area contributed by atoms with Crippen molar-refractivity contribution in [2.24, 2.45) is 0 Å². The van der Waals surface area contributed by atoms with E-state index in [-0.39, 0.29) is 79.2 Å². The molecule has 26 rings (SSSR count). The molecule has 0 saturated heterocycles. The molecule has 6 amide bonds. The van der Waals surface area contributed by atoms with Crippen LogP contribution < -0.4 is 166 Å². The maximum atomic E-state index is 12.0. The Morgan fingerprint density at radius 3 is 0.643 bits per heavy atom. The van der Waals surface area contributed by atoms with E-state index in [1.54, 1.807) is 72.8 Å². The Balaban J connectivity index is 0.000000102. The van der Waals surface area contributed by atoms with Gasteiger partial charge in [-0.05, 0) is 227 Å². The van der Waals surface area contributed by atoms with E-state index in [2.05, 4.69) is 96.0 Å². The second-order valence-corrected chi connectivity index (χ2v) is 33.2. The molecule has 8 N–H and O–H groups in total. The fourth-order valence-corrected chi connectivity index (χ4v) is 16.3. The summed E-state index contributed by atoms with van der Waals surface area (Å²) in [5.41, 5.74) is 12.7. The molecule has 0 aromatic heterocycles. The van der Waals surface area contributed by atoms with E-state index in [0.717, 1.165) is 178 Å². The highest BCUT2D eigenvalue weighted by molar-refractivity contribution is 6.00. The van der Waals surface area contributed by atoms with E-state index in [9.17, 15) is 14.4 Å². The Labute approximate surface area is 818 Å². The summed E-state index contributed by atoms with van der Waals surface area (Å²) in [6, 6.07) is 73.7. The Kier molecular flexibility index (Phi) is 28.0. The number of urea groups is 3. The van der Waals surface area contributed by atoms with Crippen molar-refractivity contribution in [3.63, 3.8) is 0 Å². The van der Waals surface area contributed by atoms with Gasteiger partial charge in [-0.25, -0.2) is 14.4 Å². The van der Waals surface area contributed by atoms with Gasteiger partial charge >= 0.3 is 18.1 Å². The normalized spacial score (nSPS) is 14.2. The van der Waals surface area contributed by atoms with Crippen LogP contribution in [0.2, 0.25) is 0 Å². The molecular formula is C105H95N9O29. The van der Waals surface area contributed by atoms with E-state index in [4.69, 9.17) is 123 Å². The Morgan fingerprint density at radius 1 is 0.182 bits per heavy atom. The lowest BCUT2D eigenvalue weighted by Crippen LogP contribution is -2.30. The van der Waals surface area contributed by atoms with Crippen LogP contribution in [-0.4, -0.2) is 124 Å². The highest BCUT2D eigenvalue weighted by Gasteiger charge is 2.27. The van der Waals surface area contributed by atoms with Crippen molar-refractivity contribution < 1.29 is 138 Å². The van der Waals surface area contributed by atoms with Gasteiger partial charge in [-0.3, -0.25) is 4.90 Å². The zero-order valence-electron chi connectivity index (χ0n) is 76.8. The van der Waals surface area contributed by atoms with Crippen LogP contribution >= 0.6 is 0 Å². The minimum absolute atomic E-state index is 0.197. The first kappa shape index (κ1) is 91.7. The molecule has 0 fully saturated rings. The van der Waals surface area contributed by atoms with Crippen molar-refractivity contribution in [3.8, 4) is 149 Å². The molecule has 0 unspecified atom stereocenters. The van der Waals surface area contributed by atoms with E-state index >= 15 is 0 Å². The molecule has 143 heavy (non-hydrogen) atoms. The van der Waals surface area contributed by atoms with Gasteiger partial charge in [-0.15, -0.1) is 0 Å². The van der Waals surface area contributed by atoms with Crippen LogP contribution in [0, 0.1) is 0 Å². The molecule has 13 aliphatic rings. The van der Waals surface area contributed by atoms with Crippen molar-refractivity contribution in [2.45, 2.75) is 58.7 Å². The predicted octanol–water partition coefficient (Wildman–Crippen LogP) is 16.7. The number of nitrogens with zero attached hydrogens (tertiary/aromatic N) is 1. The van der Waals surface area contributed by atoms with Crippen molar-refractivity contribution in [1.29, 1.82) is 0 Å². The molecule has 38 nitrogen and oxygen atoms in total. The molecule has 0 radical (unpaired) electrons. The lowest BCUT2D eigenvalue weighted by atomic mass is 10.1. The maximum absolute atomic E-state index is 12.0. The molecule has 13 aromatic rings. The van der Waals surface area contributed by atoms with Gasteiger partial charge in [0.1, 0.15) is 0 Å².